The molecule has 4 rings (SSSR count). The number of aromatic nitrogens is 1. The average molecular weight is 600 g/mol. The highest BCUT2D eigenvalue weighted by Crippen LogP contribution is 2.44. The van der Waals surface area contributed by atoms with E-state index >= 15 is 0 Å². The van der Waals surface area contributed by atoms with Crippen LogP contribution in [0.1, 0.15) is 72.0 Å². The van der Waals surface area contributed by atoms with Crippen molar-refractivity contribution in [3.05, 3.63) is 57.2 Å². The molecule has 2 amide bonds. The van der Waals surface area contributed by atoms with Gasteiger partial charge in [-0.3, -0.25) is 10.1 Å². The number of benzene rings is 2. The Morgan fingerprint density at radius 3 is 2.49 bits per heavy atom. The fourth-order valence-electron chi connectivity index (χ4n) is 4.95. The standard InChI is InChI=1S/C28H30BrN3O7/c1-13(17-8-6-14-10-15(29)11-20-21(14)22(17)23(31-20)26(36)38-5)24(33)32-19-9-7-16(12-18(19)25(34)35)30-27(37)39-28(2,3)4/h7,9-13,17,31H,6,8H2,1-5H3,(H,30,37)(H,32,33)(H,34,35). The fraction of sp³-hybridized carbons (Fsp3) is 0.357. The number of ether oxygens (including phenoxy) is 2. The van der Waals surface area contributed by atoms with Gasteiger partial charge in [-0.25, -0.2) is 14.4 Å². The van der Waals surface area contributed by atoms with Gasteiger partial charge < -0.3 is 24.9 Å². The number of H-pyrrole nitrogens is 1. The molecule has 0 saturated heterocycles. The smallest absolute Gasteiger partial charge is 0.412 e. The van der Waals surface area contributed by atoms with Gasteiger partial charge in [-0.05, 0) is 81.0 Å². The lowest BCUT2D eigenvalue weighted by atomic mass is 9.76. The van der Waals surface area contributed by atoms with Crippen molar-refractivity contribution < 1.29 is 33.8 Å². The summed E-state index contributed by atoms with van der Waals surface area (Å²) in [5, 5.41) is 15.9. The van der Waals surface area contributed by atoms with Crippen LogP contribution in [0.3, 0.4) is 0 Å². The molecule has 0 aliphatic heterocycles. The molecule has 2 aromatic carbocycles. The Labute approximate surface area is 233 Å². The molecule has 1 aromatic heterocycles. The summed E-state index contributed by atoms with van der Waals surface area (Å²) in [7, 11) is 1.31. The van der Waals surface area contributed by atoms with Gasteiger partial charge in [0.15, 0.2) is 0 Å². The lowest BCUT2D eigenvalue weighted by Gasteiger charge is -2.28. The monoisotopic (exact) mass is 599 g/mol. The summed E-state index contributed by atoms with van der Waals surface area (Å²) in [5.41, 5.74) is 2.24. The van der Waals surface area contributed by atoms with Crippen LogP contribution < -0.4 is 10.6 Å². The van der Waals surface area contributed by atoms with Crippen LogP contribution in [-0.4, -0.2) is 46.7 Å². The first-order chi connectivity index (χ1) is 18.3. The number of carbonyl (C=O) groups excluding carboxylic acids is 3. The summed E-state index contributed by atoms with van der Waals surface area (Å²) < 4.78 is 11.1. The third kappa shape index (κ3) is 5.93. The van der Waals surface area contributed by atoms with E-state index in [1.54, 1.807) is 27.7 Å². The quantitative estimate of drug-likeness (QED) is 0.251. The highest BCUT2D eigenvalue weighted by Gasteiger charge is 2.36. The van der Waals surface area contributed by atoms with Crippen molar-refractivity contribution in [1.82, 2.24) is 4.98 Å². The number of esters is 1. The van der Waals surface area contributed by atoms with E-state index in [2.05, 4.69) is 31.5 Å². The summed E-state index contributed by atoms with van der Waals surface area (Å²) in [5.74, 6) is -3.12. The van der Waals surface area contributed by atoms with Crippen LogP contribution in [0, 0.1) is 5.92 Å². The molecular weight excluding hydrogens is 570 g/mol. The molecule has 0 radical (unpaired) electrons. The molecule has 1 aliphatic rings. The number of carboxylic acids is 1. The average Bonchev–Trinajstić information content (AvgIpc) is 3.23. The number of hydrogen-bond donors (Lipinski definition) is 4. The summed E-state index contributed by atoms with van der Waals surface area (Å²) in [6.45, 7) is 6.89. The maximum Gasteiger partial charge on any atom is 0.412 e. The molecule has 3 aromatic rings. The van der Waals surface area contributed by atoms with E-state index < -0.39 is 35.5 Å². The zero-order chi connectivity index (χ0) is 28.6. The zero-order valence-electron chi connectivity index (χ0n) is 22.2. The number of methoxy groups -OCH3 is 1. The van der Waals surface area contributed by atoms with Gasteiger partial charge in [-0.2, -0.15) is 0 Å². The highest BCUT2D eigenvalue weighted by molar-refractivity contribution is 9.10. The van der Waals surface area contributed by atoms with E-state index in [1.165, 1.54) is 25.3 Å². The predicted molar refractivity (Wildman–Crippen MR) is 149 cm³/mol. The SMILES string of the molecule is COC(=O)c1[nH]c2cc(Br)cc3c2c1C(C(C)C(=O)Nc1ccc(NC(=O)OC(C)(C)C)cc1C(=O)O)CC3. The van der Waals surface area contributed by atoms with Crippen LogP contribution in [0.5, 0.6) is 0 Å². The maximum absolute atomic E-state index is 13.4. The van der Waals surface area contributed by atoms with Crippen LogP contribution in [-0.2, 0) is 20.7 Å². The van der Waals surface area contributed by atoms with E-state index in [0.717, 1.165) is 26.5 Å². The molecule has 10 nitrogen and oxygen atoms in total. The normalized spacial score (nSPS) is 15.4. The number of aromatic amines is 1. The molecular formula is C28H30BrN3O7. The number of amides is 2. The molecule has 2 unspecified atom stereocenters. The van der Waals surface area contributed by atoms with Crippen LogP contribution in [0.4, 0.5) is 16.2 Å². The molecule has 0 fully saturated rings. The second-order valence-corrected chi connectivity index (χ2v) is 11.4. The first kappa shape index (κ1) is 28.2. The van der Waals surface area contributed by atoms with E-state index in [1.807, 2.05) is 12.1 Å². The summed E-state index contributed by atoms with van der Waals surface area (Å²) in [6.07, 6.45) is 0.585. The largest absolute Gasteiger partial charge is 0.478 e. The van der Waals surface area contributed by atoms with Gasteiger partial charge in [0.05, 0.1) is 18.4 Å². The van der Waals surface area contributed by atoms with Gasteiger partial charge in [0.25, 0.3) is 0 Å². The van der Waals surface area contributed by atoms with Crippen molar-refractivity contribution in [3.63, 3.8) is 0 Å². The molecule has 0 bridgehead atoms. The van der Waals surface area contributed by atoms with Crippen molar-refractivity contribution >= 4 is 62.1 Å². The second kappa shape index (κ2) is 10.7. The van der Waals surface area contributed by atoms with Crippen molar-refractivity contribution in [1.29, 1.82) is 0 Å². The summed E-state index contributed by atoms with van der Waals surface area (Å²) >= 11 is 3.51. The number of aromatic carboxylic acids is 1. The topological polar surface area (TPSA) is 147 Å². The van der Waals surface area contributed by atoms with Gasteiger partial charge >= 0.3 is 18.0 Å². The van der Waals surface area contributed by atoms with Crippen molar-refractivity contribution in [2.24, 2.45) is 5.92 Å². The van der Waals surface area contributed by atoms with Gasteiger partial charge in [0.2, 0.25) is 5.91 Å². The Morgan fingerprint density at radius 1 is 1.13 bits per heavy atom. The molecule has 4 N–H and O–H groups in total. The minimum Gasteiger partial charge on any atom is -0.478 e. The number of halogens is 1. The van der Waals surface area contributed by atoms with Crippen molar-refractivity contribution in [2.75, 3.05) is 17.7 Å². The van der Waals surface area contributed by atoms with E-state index in [0.29, 0.717) is 18.5 Å². The van der Waals surface area contributed by atoms with Gasteiger partial charge in [-0.1, -0.05) is 22.9 Å². The Bertz CT molecular complexity index is 1490. The molecule has 39 heavy (non-hydrogen) atoms. The minimum atomic E-state index is -1.27. The number of hydrogen-bond acceptors (Lipinski definition) is 6. The lowest BCUT2D eigenvalue weighted by molar-refractivity contribution is -0.120. The number of nitrogens with one attached hydrogen (secondary N) is 3. The van der Waals surface area contributed by atoms with Crippen molar-refractivity contribution in [3.8, 4) is 0 Å². The van der Waals surface area contributed by atoms with Gasteiger partial charge in [0, 0.05) is 27.0 Å². The summed E-state index contributed by atoms with van der Waals surface area (Å²) in [4.78, 5) is 53.3. The molecule has 1 aliphatic carbocycles. The summed E-state index contributed by atoms with van der Waals surface area (Å²) in [6, 6.07) is 8.05. The zero-order valence-corrected chi connectivity index (χ0v) is 23.8. The first-order valence-electron chi connectivity index (χ1n) is 12.4. The van der Waals surface area contributed by atoms with Crippen LogP contribution in [0.25, 0.3) is 10.9 Å². The lowest BCUT2D eigenvalue weighted by Crippen LogP contribution is -2.29. The number of carboxylic acid groups (broad SMARTS) is 1. The number of anilines is 2. The first-order valence-corrected chi connectivity index (χ1v) is 13.2. The van der Waals surface area contributed by atoms with Crippen LogP contribution in [0.15, 0.2) is 34.8 Å². The highest BCUT2D eigenvalue weighted by atomic mass is 79.9. The number of rotatable bonds is 6. The van der Waals surface area contributed by atoms with Gasteiger partial charge in [0.1, 0.15) is 11.3 Å². The van der Waals surface area contributed by atoms with Crippen molar-refractivity contribution in [2.45, 2.75) is 52.1 Å². The Kier molecular flexibility index (Phi) is 7.74. The van der Waals surface area contributed by atoms with Gasteiger partial charge in [-0.15, -0.1) is 0 Å². The minimum absolute atomic E-state index is 0.0848. The molecule has 1 heterocycles. The molecule has 0 spiro atoms. The Hall–Kier alpha value is -3.86. The van der Waals surface area contributed by atoms with Crippen LogP contribution in [0.2, 0.25) is 0 Å². The fourth-order valence-corrected chi connectivity index (χ4v) is 5.46. The number of carbonyl (C=O) groups is 4. The van der Waals surface area contributed by atoms with E-state index in [9.17, 15) is 24.3 Å². The third-order valence-electron chi connectivity index (χ3n) is 6.64. The van der Waals surface area contributed by atoms with Crippen LogP contribution >= 0.6 is 15.9 Å². The molecule has 0 saturated carbocycles. The van der Waals surface area contributed by atoms with E-state index in [4.69, 9.17) is 9.47 Å². The second-order valence-electron chi connectivity index (χ2n) is 10.5. The molecule has 2 atom stereocenters. The van der Waals surface area contributed by atoms with E-state index in [-0.39, 0.29) is 22.9 Å². The Morgan fingerprint density at radius 2 is 1.85 bits per heavy atom. The number of aryl methyl sites for hydroxylation is 1. The Balaban J connectivity index is 1.61. The third-order valence-corrected chi connectivity index (χ3v) is 7.10. The predicted octanol–water partition coefficient (Wildman–Crippen LogP) is 6.07. The maximum atomic E-state index is 13.4. The molecule has 11 heteroatoms. The molecule has 206 valence electrons.